The van der Waals surface area contributed by atoms with Crippen LogP contribution >= 0.6 is 0 Å². The van der Waals surface area contributed by atoms with E-state index in [2.05, 4.69) is 28.1 Å². The second kappa shape index (κ2) is 7.27. The summed E-state index contributed by atoms with van der Waals surface area (Å²) < 4.78 is 7.62. The monoisotopic (exact) mass is 477 g/mol. The number of nitrogens with zero attached hydrogens (tertiary/aromatic N) is 6. The quantitative estimate of drug-likeness (QED) is 0.596. The van der Waals surface area contributed by atoms with Gasteiger partial charge in [0.15, 0.2) is 0 Å². The van der Waals surface area contributed by atoms with Crippen LogP contribution < -0.4 is 9.80 Å². The van der Waals surface area contributed by atoms with Gasteiger partial charge in [0.1, 0.15) is 22.5 Å². The molecule has 35 heavy (non-hydrogen) atoms. The van der Waals surface area contributed by atoms with E-state index in [1.165, 1.54) is 0 Å². The average Bonchev–Trinajstić information content (AvgIpc) is 3.40. The summed E-state index contributed by atoms with van der Waals surface area (Å²) in [5, 5.41) is 22.4. The molecule has 184 valence electrons. The number of carbonyl (C=O) groups is 1. The Balaban J connectivity index is 1.37. The Morgan fingerprint density at radius 3 is 2.80 bits per heavy atom. The van der Waals surface area contributed by atoms with Crippen molar-refractivity contribution in [1.29, 1.82) is 0 Å². The molecule has 1 saturated heterocycles. The Labute approximate surface area is 203 Å². The van der Waals surface area contributed by atoms with Gasteiger partial charge in [0.05, 0.1) is 42.8 Å². The van der Waals surface area contributed by atoms with Crippen molar-refractivity contribution in [3.05, 3.63) is 18.3 Å². The van der Waals surface area contributed by atoms with Crippen LogP contribution in [0.15, 0.2) is 18.3 Å². The summed E-state index contributed by atoms with van der Waals surface area (Å²) in [4.78, 5) is 22.9. The van der Waals surface area contributed by atoms with Crippen molar-refractivity contribution in [2.45, 2.75) is 70.2 Å². The number of carbonyl (C=O) groups excluding carboxylic acids is 1. The molecule has 0 bridgehead atoms. The van der Waals surface area contributed by atoms with E-state index in [0.717, 1.165) is 66.2 Å². The van der Waals surface area contributed by atoms with Gasteiger partial charge in [0.2, 0.25) is 5.91 Å². The average molecular weight is 478 g/mol. The number of ether oxygens (including phenoxy) is 1. The van der Waals surface area contributed by atoms with Crippen LogP contribution in [0.5, 0.6) is 0 Å². The van der Waals surface area contributed by atoms with E-state index in [1.807, 2.05) is 22.6 Å². The van der Waals surface area contributed by atoms with Gasteiger partial charge in [-0.25, -0.2) is 4.98 Å². The molecule has 0 aromatic carbocycles. The van der Waals surface area contributed by atoms with Gasteiger partial charge in [0.25, 0.3) is 0 Å². The van der Waals surface area contributed by atoms with Crippen LogP contribution in [-0.2, 0) is 16.1 Å². The number of hydrogen-bond acceptors (Lipinski definition) is 7. The lowest BCUT2D eigenvalue weighted by Crippen LogP contribution is -2.62. The highest BCUT2D eigenvalue weighted by Crippen LogP contribution is 2.62. The first-order chi connectivity index (χ1) is 16.8. The summed E-state index contributed by atoms with van der Waals surface area (Å²) in [5.74, 6) is 0.988. The number of pyridine rings is 1. The zero-order chi connectivity index (χ0) is 23.9. The molecule has 2 aliphatic carbocycles. The highest BCUT2D eigenvalue weighted by Gasteiger charge is 2.59. The number of H-pyrrole nitrogens is 1. The molecule has 10 heteroatoms. The minimum Gasteiger partial charge on any atom is -0.390 e. The first kappa shape index (κ1) is 21.3. The maximum Gasteiger partial charge on any atom is 0.229 e. The van der Waals surface area contributed by atoms with Crippen LogP contribution in [0.25, 0.3) is 22.4 Å². The van der Waals surface area contributed by atoms with Crippen molar-refractivity contribution < 1.29 is 14.6 Å². The van der Waals surface area contributed by atoms with E-state index < -0.39 is 5.60 Å². The molecule has 3 aromatic rings. The van der Waals surface area contributed by atoms with Crippen LogP contribution in [0.4, 0.5) is 11.5 Å². The fraction of sp³-hybridized carbons (Fsp3) is 0.600. The maximum atomic E-state index is 13.5. The van der Waals surface area contributed by atoms with Gasteiger partial charge < -0.3 is 19.6 Å². The number of morpholine rings is 1. The molecule has 4 aliphatic rings. The van der Waals surface area contributed by atoms with Crippen LogP contribution in [0, 0.1) is 5.41 Å². The predicted molar refractivity (Wildman–Crippen MR) is 130 cm³/mol. The zero-order valence-electron chi connectivity index (χ0n) is 20.2. The van der Waals surface area contributed by atoms with Crippen molar-refractivity contribution in [2.24, 2.45) is 5.41 Å². The predicted octanol–water partition coefficient (Wildman–Crippen LogP) is 2.48. The summed E-state index contributed by atoms with van der Waals surface area (Å²) >= 11 is 0. The number of aromatic nitrogens is 5. The molecule has 2 N–H and O–H groups in total. The second-order valence-corrected chi connectivity index (χ2v) is 11.3. The number of nitrogens with one attached hydrogen (secondary N) is 1. The summed E-state index contributed by atoms with van der Waals surface area (Å²) in [6.07, 6.45) is 5.63. The number of aryl methyl sites for hydroxylation is 1. The molecule has 10 nitrogen and oxygen atoms in total. The molecule has 3 fully saturated rings. The lowest BCUT2D eigenvalue weighted by atomic mass is 9.48. The van der Waals surface area contributed by atoms with Gasteiger partial charge in [-0.15, -0.1) is 0 Å². The van der Waals surface area contributed by atoms with E-state index in [0.29, 0.717) is 26.2 Å². The lowest BCUT2D eigenvalue weighted by Gasteiger charge is -2.62. The molecule has 2 aliphatic heterocycles. The zero-order valence-corrected chi connectivity index (χ0v) is 20.2. The highest BCUT2D eigenvalue weighted by molar-refractivity contribution is 6.06. The Bertz CT molecular complexity index is 1300. The lowest BCUT2D eigenvalue weighted by molar-refractivity contribution is -0.158. The van der Waals surface area contributed by atoms with Crippen LogP contribution in [0.2, 0.25) is 0 Å². The van der Waals surface area contributed by atoms with E-state index >= 15 is 0 Å². The van der Waals surface area contributed by atoms with Gasteiger partial charge in [-0.2, -0.15) is 10.2 Å². The third-order valence-electron chi connectivity index (χ3n) is 8.36. The fourth-order valence-electron chi connectivity index (χ4n) is 7.11. The van der Waals surface area contributed by atoms with Crippen LogP contribution in [0.3, 0.4) is 0 Å². The Kier molecular flexibility index (Phi) is 4.43. The van der Waals surface area contributed by atoms with E-state index in [9.17, 15) is 9.90 Å². The standard InChI is InChI=1S/C25H31N7O3/c1-15-12-35-8-7-30(15)19-9-18-23-22(27-19)21(17-3-5-26-28-17)29-31(23)6-4-20(33)32(18)16-10-25(11-16)13-24(2,34)14-25/h3,5,9,15-16,34H,4,6-8,10-14H2,1-2H3,(H,26,28)/t15-,16?,24?,25?/m1/s1. The molecular formula is C25H31N7O3. The van der Waals surface area contributed by atoms with Gasteiger partial charge in [-0.3, -0.25) is 14.6 Å². The smallest absolute Gasteiger partial charge is 0.229 e. The third kappa shape index (κ3) is 3.22. The van der Waals surface area contributed by atoms with Gasteiger partial charge in [0, 0.05) is 31.3 Å². The molecule has 7 rings (SSSR count). The van der Waals surface area contributed by atoms with Gasteiger partial charge in [-0.05, 0) is 51.0 Å². The fourth-order valence-corrected chi connectivity index (χ4v) is 7.11. The van der Waals surface area contributed by atoms with Crippen molar-refractivity contribution in [3.63, 3.8) is 0 Å². The molecule has 1 spiro atoms. The first-order valence-electron chi connectivity index (χ1n) is 12.6. The number of rotatable bonds is 3. The number of aliphatic hydroxyl groups is 1. The molecule has 1 amide bonds. The molecule has 2 saturated carbocycles. The van der Waals surface area contributed by atoms with Crippen molar-refractivity contribution in [2.75, 3.05) is 29.6 Å². The molecule has 5 heterocycles. The summed E-state index contributed by atoms with van der Waals surface area (Å²) in [7, 11) is 0. The minimum atomic E-state index is -0.561. The molecule has 3 aromatic heterocycles. The Morgan fingerprint density at radius 1 is 1.26 bits per heavy atom. The topological polar surface area (TPSA) is 112 Å². The van der Waals surface area contributed by atoms with E-state index in [1.54, 1.807) is 6.20 Å². The summed E-state index contributed by atoms with van der Waals surface area (Å²) in [5.41, 5.74) is 3.79. The van der Waals surface area contributed by atoms with Crippen molar-refractivity contribution >= 4 is 28.4 Å². The highest BCUT2D eigenvalue weighted by atomic mass is 16.5. The summed E-state index contributed by atoms with van der Waals surface area (Å²) in [6, 6.07) is 4.32. The van der Waals surface area contributed by atoms with Crippen molar-refractivity contribution in [1.82, 2.24) is 25.0 Å². The normalized spacial score (nSPS) is 32.6. The van der Waals surface area contributed by atoms with Crippen molar-refractivity contribution in [3.8, 4) is 11.4 Å². The largest absolute Gasteiger partial charge is 0.390 e. The Morgan fingerprint density at radius 2 is 2.09 bits per heavy atom. The molecule has 0 unspecified atom stereocenters. The Hall–Kier alpha value is -2.98. The minimum absolute atomic E-state index is 0.135. The molecular weight excluding hydrogens is 446 g/mol. The molecule has 0 radical (unpaired) electrons. The number of hydrogen-bond donors (Lipinski definition) is 2. The number of amides is 1. The van der Waals surface area contributed by atoms with Gasteiger partial charge >= 0.3 is 0 Å². The number of aromatic amines is 1. The SMILES string of the molecule is C[C@@H]1COCCN1c1cc2c3c(n1)c(-c1ccn[nH]1)nn3CCC(=O)N2C1CC2(C1)CC(C)(O)C2. The summed E-state index contributed by atoms with van der Waals surface area (Å²) in [6.45, 7) is 6.63. The van der Waals surface area contributed by atoms with Gasteiger partial charge in [-0.1, -0.05) is 0 Å². The third-order valence-corrected chi connectivity index (χ3v) is 8.36. The van der Waals surface area contributed by atoms with E-state index in [-0.39, 0.29) is 23.4 Å². The van der Waals surface area contributed by atoms with Crippen LogP contribution in [0.1, 0.15) is 46.0 Å². The first-order valence-corrected chi connectivity index (χ1v) is 12.6. The maximum absolute atomic E-state index is 13.5. The number of anilines is 2. The second-order valence-electron chi connectivity index (χ2n) is 11.3. The molecule has 1 atom stereocenters. The van der Waals surface area contributed by atoms with Crippen LogP contribution in [-0.4, -0.2) is 73.4 Å². The van der Waals surface area contributed by atoms with E-state index in [4.69, 9.17) is 14.8 Å².